The summed E-state index contributed by atoms with van der Waals surface area (Å²) >= 11 is 3.36. The zero-order chi connectivity index (χ0) is 18.7. The molecule has 26 heavy (non-hydrogen) atoms. The Balaban J connectivity index is 1.81. The van der Waals surface area contributed by atoms with Gasteiger partial charge in [-0.25, -0.2) is 5.43 Å². The van der Waals surface area contributed by atoms with Crippen LogP contribution in [0.15, 0.2) is 64.2 Å². The van der Waals surface area contributed by atoms with Crippen LogP contribution in [0.25, 0.3) is 5.69 Å². The first kappa shape index (κ1) is 18.1. The Hall–Kier alpha value is -2.66. The van der Waals surface area contributed by atoms with E-state index in [0.717, 1.165) is 27.1 Å². The minimum Gasteiger partial charge on any atom is -0.318 e. The summed E-state index contributed by atoms with van der Waals surface area (Å²) in [7, 11) is 0. The van der Waals surface area contributed by atoms with Crippen LogP contribution in [-0.2, 0) is 0 Å². The maximum absolute atomic E-state index is 12.2. The standard InChI is InChI=1S/C21H20BrN3O/c1-14-7-4-5-10-20(14)25-15(2)11-18(16(25)3)13-23-24-21(26)17-8-6-9-19(22)12-17/h4-13H,1-3H3,(H,24,26)/b23-13-. The fourth-order valence-corrected chi connectivity index (χ4v) is 3.36. The first-order valence-corrected chi connectivity index (χ1v) is 9.10. The monoisotopic (exact) mass is 409 g/mol. The van der Waals surface area contributed by atoms with E-state index in [1.165, 1.54) is 5.56 Å². The predicted molar refractivity (Wildman–Crippen MR) is 109 cm³/mol. The van der Waals surface area contributed by atoms with E-state index in [1.54, 1.807) is 18.3 Å². The second-order valence-electron chi connectivity index (χ2n) is 6.16. The van der Waals surface area contributed by atoms with E-state index in [9.17, 15) is 4.79 Å². The number of carbonyl (C=O) groups excluding carboxylic acids is 1. The molecule has 0 unspecified atom stereocenters. The number of halogens is 1. The summed E-state index contributed by atoms with van der Waals surface area (Å²) in [6, 6.07) is 17.5. The van der Waals surface area contributed by atoms with Crippen molar-refractivity contribution in [3.05, 3.63) is 87.1 Å². The van der Waals surface area contributed by atoms with Gasteiger partial charge in [-0.2, -0.15) is 5.10 Å². The predicted octanol–water partition coefficient (Wildman–Crippen LogP) is 4.93. The van der Waals surface area contributed by atoms with Crippen LogP contribution in [0.4, 0.5) is 0 Å². The highest BCUT2D eigenvalue weighted by molar-refractivity contribution is 9.10. The molecule has 1 aromatic heterocycles. The third kappa shape index (κ3) is 3.78. The molecule has 0 bridgehead atoms. The normalized spacial score (nSPS) is 11.1. The van der Waals surface area contributed by atoms with Crippen molar-refractivity contribution in [1.29, 1.82) is 0 Å². The van der Waals surface area contributed by atoms with Crippen LogP contribution >= 0.6 is 15.9 Å². The van der Waals surface area contributed by atoms with Crippen LogP contribution in [0.3, 0.4) is 0 Å². The lowest BCUT2D eigenvalue weighted by Gasteiger charge is -2.12. The molecule has 2 aromatic carbocycles. The lowest BCUT2D eigenvalue weighted by atomic mass is 10.2. The van der Waals surface area contributed by atoms with Crippen molar-refractivity contribution in [3.63, 3.8) is 0 Å². The molecule has 0 radical (unpaired) electrons. The van der Waals surface area contributed by atoms with Gasteiger partial charge in [-0.1, -0.05) is 40.2 Å². The van der Waals surface area contributed by atoms with Gasteiger partial charge >= 0.3 is 0 Å². The first-order valence-electron chi connectivity index (χ1n) is 8.31. The van der Waals surface area contributed by atoms with Gasteiger partial charge in [0.1, 0.15) is 0 Å². The number of benzene rings is 2. The van der Waals surface area contributed by atoms with Crippen LogP contribution in [-0.4, -0.2) is 16.7 Å². The maximum atomic E-state index is 12.2. The van der Waals surface area contributed by atoms with Gasteiger partial charge in [0.05, 0.1) is 6.21 Å². The van der Waals surface area contributed by atoms with Crippen molar-refractivity contribution in [2.24, 2.45) is 5.10 Å². The summed E-state index contributed by atoms with van der Waals surface area (Å²) in [5.41, 5.74) is 8.68. The Morgan fingerprint density at radius 2 is 1.85 bits per heavy atom. The molecule has 1 heterocycles. The fraction of sp³-hybridized carbons (Fsp3) is 0.143. The zero-order valence-corrected chi connectivity index (χ0v) is 16.5. The van der Waals surface area contributed by atoms with E-state index < -0.39 is 0 Å². The highest BCUT2D eigenvalue weighted by Gasteiger charge is 2.11. The number of amides is 1. The van der Waals surface area contributed by atoms with Crippen molar-refractivity contribution < 1.29 is 4.79 Å². The molecule has 0 fully saturated rings. The average molecular weight is 410 g/mol. The Morgan fingerprint density at radius 3 is 2.58 bits per heavy atom. The Morgan fingerprint density at radius 1 is 1.08 bits per heavy atom. The van der Waals surface area contributed by atoms with Crippen molar-refractivity contribution in [3.8, 4) is 5.69 Å². The molecule has 0 saturated heterocycles. The maximum Gasteiger partial charge on any atom is 0.271 e. The largest absolute Gasteiger partial charge is 0.318 e. The lowest BCUT2D eigenvalue weighted by Crippen LogP contribution is -2.17. The lowest BCUT2D eigenvalue weighted by molar-refractivity contribution is 0.0955. The molecule has 1 amide bonds. The molecule has 0 atom stereocenters. The Kier molecular flexibility index (Phi) is 5.38. The van der Waals surface area contributed by atoms with Gasteiger partial charge in [-0.15, -0.1) is 0 Å². The van der Waals surface area contributed by atoms with E-state index in [4.69, 9.17) is 0 Å². The van der Waals surface area contributed by atoms with E-state index in [2.05, 4.69) is 70.0 Å². The summed E-state index contributed by atoms with van der Waals surface area (Å²) in [5.74, 6) is -0.240. The molecule has 0 spiro atoms. The summed E-state index contributed by atoms with van der Waals surface area (Å²) in [6.07, 6.45) is 1.69. The molecule has 0 aliphatic rings. The molecule has 3 rings (SSSR count). The number of nitrogens with one attached hydrogen (secondary N) is 1. The summed E-state index contributed by atoms with van der Waals surface area (Å²) in [6.45, 7) is 6.22. The van der Waals surface area contributed by atoms with Crippen LogP contribution < -0.4 is 5.43 Å². The van der Waals surface area contributed by atoms with Crippen molar-refractivity contribution >= 4 is 28.1 Å². The smallest absolute Gasteiger partial charge is 0.271 e. The number of nitrogens with zero attached hydrogens (tertiary/aromatic N) is 2. The quantitative estimate of drug-likeness (QED) is 0.481. The van der Waals surface area contributed by atoms with Gasteiger partial charge in [0, 0.05) is 32.7 Å². The molecule has 0 aliphatic heterocycles. The van der Waals surface area contributed by atoms with Crippen molar-refractivity contribution in [2.75, 3.05) is 0 Å². The first-order chi connectivity index (χ1) is 12.5. The Labute approximate surface area is 161 Å². The van der Waals surface area contributed by atoms with Gasteiger partial charge in [-0.05, 0) is 56.7 Å². The highest BCUT2D eigenvalue weighted by atomic mass is 79.9. The van der Waals surface area contributed by atoms with E-state index >= 15 is 0 Å². The van der Waals surface area contributed by atoms with Crippen LogP contribution in [0, 0.1) is 20.8 Å². The Bertz CT molecular complexity index is 989. The molecule has 4 nitrogen and oxygen atoms in total. The molecule has 3 aromatic rings. The van der Waals surface area contributed by atoms with Crippen LogP contribution in [0.5, 0.6) is 0 Å². The number of hydrazone groups is 1. The second kappa shape index (κ2) is 7.70. The number of hydrogen-bond acceptors (Lipinski definition) is 2. The van der Waals surface area contributed by atoms with E-state index in [1.807, 2.05) is 24.3 Å². The number of para-hydroxylation sites is 1. The second-order valence-corrected chi connectivity index (χ2v) is 7.07. The highest BCUT2D eigenvalue weighted by Crippen LogP contribution is 2.22. The van der Waals surface area contributed by atoms with Crippen LogP contribution in [0.2, 0.25) is 0 Å². The third-order valence-corrected chi connectivity index (χ3v) is 4.78. The van der Waals surface area contributed by atoms with Crippen molar-refractivity contribution in [1.82, 2.24) is 9.99 Å². The number of rotatable bonds is 4. The van der Waals surface area contributed by atoms with E-state index in [-0.39, 0.29) is 5.91 Å². The molecule has 0 saturated carbocycles. The summed E-state index contributed by atoms with van der Waals surface area (Å²) in [5, 5.41) is 4.13. The molecule has 0 aliphatic carbocycles. The zero-order valence-electron chi connectivity index (χ0n) is 15.0. The minimum atomic E-state index is -0.240. The van der Waals surface area contributed by atoms with Gasteiger partial charge < -0.3 is 4.57 Å². The van der Waals surface area contributed by atoms with E-state index in [0.29, 0.717) is 5.56 Å². The third-order valence-electron chi connectivity index (χ3n) is 4.28. The molecular weight excluding hydrogens is 390 g/mol. The fourth-order valence-electron chi connectivity index (χ4n) is 2.96. The number of hydrogen-bond donors (Lipinski definition) is 1. The molecule has 1 N–H and O–H groups in total. The van der Waals surface area contributed by atoms with Gasteiger partial charge in [-0.3, -0.25) is 4.79 Å². The SMILES string of the molecule is Cc1ccccc1-n1c(C)cc(/C=N\NC(=O)c2cccc(Br)c2)c1C. The van der Waals surface area contributed by atoms with Gasteiger partial charge in [0.25, 0.3) is 5.91 Å². The summed E-state index contributed by atoms with van der Waals surface area (Å²) in [4.78, 5) is 12.2. The molecular formula is C21H20BrN3O. The average Bonchev–Trinajstić information content (AvgIpc) is 2.89. The number of aryl methyl sites for hydroxylation is 2. The molecule has 132 valence electrons. The number of carbonyl (C=O) groups is 1. The number of aromatic nitrogens is 1. The summed E-state index contributed by atoms with van der Waals surface area (Å²) < 4.78 is 3.06. The van der Waals surface area contributed by atoms with Crippen molar-refractivity contribution in [2.45, 2.75) is 20.8 Å². The van der Waals surface area contributed by atoms with Gasteiger partial charge in [0.2, 0.25) is 0 Å². The molecule has 5 heteroatoms. The van der Waals surface area contributed by atoms with Gasteiger partial charge in [0.15, 0.2) is 0 Å². The topological polar surface area (TPSA) is 46.4 Å². The van der Waals surface area contributed by atoms with Crippen LogP contribution in [0.1, 0.15) is 32.9 Å². The minimum absolute atomic E-state index is 0.240.